The van der Waals surface area contributed by atoms with Crippen molar-refractivity contribution >= 4 is 34.9 Å². The average molecular weight is 401 g/mol. The number of aryl methyl sites for hydroxylation is 2. The molecule has 8 nitrogen and oxygen atoms in total. The lowest BCUT2D eigenvalue weighted by atomic mass is 9.96. The summed E-state index contributed by atoms with van der Waals surface area (Å²) in [7, 11) is 0. The van der Waals surface area contributed by atoms with Gasteiger partial charge in [0.05, 0.1) is 5.69 Å². The fourth-order valence-corrected chi connectivity index (χ4v) is 3.76. The monoisotopic (exact) mass is 401 g/mol. The van der Waals surface area contributed by atoms with Gasteiger partial charge in [0.2, 0.25) is 0 Å². The highest BCUT2D eigenvalue weighted by atomic mass is 32.1. The number of benzene rings is 1. The molecule has 0 radical (unpaired) electrons. The van der Waals surface area contributed by atoms with E-state index in [4.69, 9.17) is 0 Å². The standard InChI is InChI=1S/C19H23N5O3S/c1-12-4-3-5-15(10-12)21-18(26)17(25)20-11-14-6-8-24(9-7-14)19(27)16-13(2)22-23-28-16/h3-5,10,14H,6-9,11H2,1-2H3,(H,20,25)(H,21,26). The third-order valence-corrected chi connectivity index (χ3v) is 5.60. The Bertz CT molecular complexity index is 874. The van der Waals surface area contributed by atoms with Gasteiger partial charge in [-0.25, -0.2) is 0 Å². The third-order valence-electron chi connectivity index (χ3n) is 4.78. The molecule has 0 saturated carbocycles. The lowest BCUT2D eigenvalue weighted by Crippen LogP contribution is -2.43. The molecule has 0 aliphatic carbocycles. The van der Waals surface area contributed by atoms with Gasteiger partial charge in [0.15, 0.2) is 0 Å². The second-order valence-electron chi connectivity index (χ2n) is 6.96. The van der Waals surface area contributed by atoms with Crippen LogP contribution in [0.2, 0.25) is 0 Å². The van der Waals surface area contributed by atoms with Gasteiger partial charge in [0.25, 0.3) is 5.91 Å². The SMILES string of the molecule is Cc1cccc(NC(=O)C(=O)NCC2CCN(C(=O)c3snnc3C)CC2)c1. The Morgan fingerprint density at radius 2 is 1.93 bits per heavy atom. The number of piperidine rings is 1. The van der Waals surface area contributed by atoms with Gasteiger partial charge < -0.3 is 15.5 Å². The number of anilines is 1. The van der Waals surface area contributed by atoms with E-state index in [9.17, 15) is 14.4 Å². The Hall–Kier alpha value is -2.81. The minimum atomic E-state index is -0.675. The molecule has 1 fully saturated rings. The molecule has 148 valence electrons. The van der Waals surface area contributed by atoms with E-state index in [-0.39, 0.29) is 11.8 Å². The number of carbonyl (C=O) groups excluding carboxylic acids is 3. The van der Waals surface area contributed by atoms with Crippen molar-refractivity contribution in [3.05, 3.63) is 40.4 Å². The molecule has 0 unspecified atom stereocenters. The molecule has 1 aromatic carbocycles. The van der Waals surface area contributed by atoms with Crippen molar-refractivity contribution in [2.24, 2.45) is 5.92 Å². The Morgan fingerprint density at radius 1 is 1.18 bits per heavy atom. The van der Waals surface area contributed by atoms with Gasteiger partial charge in [-0.1, -0.05) is 16.6 Å². The van der Waals surface area contributed by atoms with Crippen LogP contribution in [0.15, 0.2) is 24.3 Å². The number of aromatic nitrogens is 2. The average Bonchev–Trinajstić information content (AvgIpc) is 3.12. The lowest BCUT2D eigenvalue weighted by molar-refractivity contribution is -0.136. The Balaban J connectivity index is 1.42. The van der Waals surface area contributed by atoms with E-state index in [0.717, 1.165) is 29.9 Å². The van der Waals surface area contributed by atoms with Crippen molar-refractivity contribution in [1.82, 2.24) is 19.8 Å². The molecule has 1 saturated heterocycles. The van der Waals surface area contributed by atoms with Crippen LogP contribution >= 0.6 is 11.5 Å². The maximum Gasteiger partial charge on any atom is 0.313 e. The highest BCUT2D eigenvalue weighted by Crippen LogP contribution is 2.20. The molecule has 1 aliphatic heterocycles. The molecule has 2 N–H and O–H groups in total. The van der Waals surface area contributed by atoms with Gasteiger partial charge in [-0.15, -0.1) is 5.10 Å². The van der Waals surface area contributed by atoms with Crippen LogP contribution in [0.4, 0.5) is 5.69 Å². The van der Waals surface area contributed by atoms with Gasteiger partial charge >= 0.3 is 11.8 Å². The maximum atomic E-state index is 12.5. The molecule has 3 rings (SSSR count). The summed E-state index contributed by atoms with van der Waals surface area (Å²) in [5.41, 5.74) is 2.26. The number of rotatable bonds is 4. The van der Waals surface area contributed by atoms with Gasteiger partial charge in [-0.05, 0) is 61.8 Å². The first-order valence-corrected chi connectivity index (χ1v) is 9.95. The molecule has 9 heteroatoms. The van der Waals surface area contributed by atoms with Crippen LogP contribution in [0.1, 0.15) is 33.8 Å². The van der Waals surface area contributed by atoms with Crippen LogP contribution in [0.5, 0.6) is 0 Å². The largest absolute Gasteiger partial charge is 0.348 e. The van der Waals surface area contributed by atoms with Gasteiger partial charge in [-0.2, -0.15) is 0 Å². The number of carbonyl (C=O) groups is 3. The van der Waals surface area contributed by atoms with Crippen LogP contribution in [-0.4, -0.2) is 51.8 Å². The molecule has 2 aromatic rings. The molecule has 0 spiro atoms. The smallest absolute Gasteiger partial charge is 0.313 e. The van der Waals surface area contributed by atoms with E-state index in [1.165, 1.54) is 0 Å². The Labute approximate surface area is 167 Å². The zero-order chi connectivity index (χ0) is 20.1. The van der Waals surface area contributed by atoms with E-state index in [1.54, 1.807) is 24.0 Å². The Kier molecular flexibility index (Phi) is 6.35. The Morgan fingerprint density at radius 3 is 2.57 bits per heavy atom. The van der Waals surface area contributed by atoms with E-state index in [0.29, 0.717) is 35.9 Å². The van der Waals surface area contributed by atoms with E-state index < -0.39 is 11.8 Å². The van der Waals surface area contributed by atoms with Gasteiger partial charge in [-0.3, -0.25) is 14.4 Å². The fraction of sp³-hybridized carbons (Fsp3) is 0.421. The van der Waals surface area contributed by atoms with E-state index in [1.807, 2.05) is 19.1 Å². The maximum absolute atomic E-state index is 12.5. The minimum absolute atomic E-state index is 0.0347. The van der Waals surface area contributed by atoms with Crippen molar-refractivity contribution in [1.29, 1.82) is 0 Å². The molecule has 1 aromatic heterocycles. The van der Waals surface area contributed by atoms with Crippen molar-refractivity contribution in [2.75, 3.05) is 25.0 Å². The first-order valence-electron chi connectivity index (χ1n) is 9.18. The number of likely N-dealkylation sites (tertiary alicyclic amines) is 1. The highest BCUT2D eigenvalue weighted by Gasteiger charge is 2.26. The first-order chi connectivity index (χ1) is 13.4. The van der Waals surface area contributed by atoms with Crippen molar-refractivity contribution < 1.29 is 14.4 Å². The summed E-state index contributed by atoms with van der Waals surface area (Å²) in [6.45, 7) is 5.35. The summed E-state index contributed by atoms with van der Waals surface area (Å²) in [6.07, 6.45) is 1.55. The second kappa shape index (κ2) is 8.92. The number of hydrogen-bond acceptors (Lipinski definition) is 6. The quantitative estimate of drug-likeness (QED) is 0.760. The summed E-state index contributed by atoms with van der Waals surface area (Å²) in [5, 5.41) is 9.18. The lowest BCUT2D eigenvalue weighted by Gasteiger charge is -2.31. The fourth-order valence-electron chi connectivity index (χ4n) is 3.14. The molecular weight excluding hydrogens is 378 g/mol. The predicted octanol–water partition coefficient (Wildman–Crippen LogP) is 1.76. The van der Waals surface area contributed by atoms with Gasteiger partial charge in [0.1, 0.15) is 4.88 Å². The first kappa shape index (κ1) is 19.9. The molecule has 1 aliphatic rings. The predicted molar refractivity (Wildman–Crippen MR) is 106 cm³/mol. The second-order valence-corrected chi connectivity index (χ2v) is 7.71. The van der Waals surface area contributed by atoms with Crippen molar-refractivity contribution in [2.45, 2.75) is 26.7 Å². The third kappa shape index (κ3) is 4.92. The molecule has 3 amide bonds. The van der Waals surface area contributed by atoms with Crippen molar-refractivity contribution in [3.8, 4) is 0 Å². The molecule has 28 heavy (non-hydrogen) atoms. The molecule has 0 bridgehead atoms. The molecule has 0 atom stereocenters. The number of nitrogens with one attached hydrogen (secondary N) is 2. The number of nitrogens with zero attached hydrogens (tertiary/aromatic N) is 3. The summed E-state index contributed by atoms with van der Waals surface area (Å²) < 4.78 is 3.81. The number of amides is 3. The zero-order valence-electron chi connectivity index (χ0n) is 15.9. The normalized spacial score (nSPS) is 14.6. The summed E-state index contributed by atoms with van der Waals surface area (Å²) in [5.74, 6) is -1.12. The minimum Gasteiger partial charge on any atom is -0.348 e. The van der Waals surface area contributed by atoms with E-state index in [2.05, 4.69) is 20.2 Å². The number of hydrogen-bond donors (Lipinski definition) is 2. The van der Waals surface area contributed by atoms with Crippen LogP contribution in [0.25, 0.3) is 0 Å². The summed E-state index contributed by atoms with van der Waals surface area (Å²) in [6, 6.07) is 7.28. The highest BCUT2D eigenvalue weighted by molar-refractivity contribution is 7.07. The zero-order valence-corrected chi connectivity index (χ0v) is 16.7. The molecule has 2 heterocycles. The van der Waals surface area contributed by atoms with Crippen LogP contribution in [-0.2, 0) is 9.59 Å². The van der Waals surface area contributed by atoms with Crippen molar-refractivity contribution in [3.63, 3.8) is 0 Å². The van der Waals surface area contributed by atoms with E-state index >= 15 is 0 Å². The summed E-state index contributed by atoms with van der Waals surface area (Å²) >= 11 is 1.12. The molecular formula is C19H23N5O3S. The van der Waals surface area contributed by atoms with Crippen LogP contribution < -0.4 is 10.6 Å². The van der Waals surface area contributed by atoms with Crippen LogP contribution in [0.3, 0.4) is 0 Å². The van der Waals surface area contributed by atoms with Gasteiger partial charge in [0, 0.05) is 25.3 Å². The topological polar surface area (TPSA) is 104 Å². The van der Waals surface area contributed by atoms with Crippen LogP contribution in [0, 0.1) is 19.8 Å². The summed E-state index contributed by atoms with van der Waals surface area (Å²) in [4.78, 5) is 38.9.